The van der Waals surface area contributed by atoms with Crippen LogP contribution in [-0.2, 0) is 9.84 Å². The van der Waals surface area contributed by atoms with Crippen molar-refractivity contribution in [1.82, 2.24) is 5.32 Å². The summed E-state index contributed by atoms with van der Waals surface area (Å²) in [5.41, 5.74) is 0.720. The maximum atomic E-state index is 13.4. The molecule has 2 unspecified atom stereocenters. The fourth-order valence-corrected chi connectivity index (χ4v) is 4.84. The molecule has 2 rings (SSSR count). The summed E-state index contributed by atoms with van der Waals surface area (Å²) in [4.78, 5) is 0. The highest BCUT2D eigenvalue weighted by Gasteiger charge is 2.35. The van der Waals surface area contributed by atoms with E-state index in [2.05, 4.69) is 5.32 Å². The van der Waals surface area contributed by atoms with Crippen molar-refractivity contribution in [3.63, 3.8) is 0 Å². The molecule has 1 N–H and O–H groups in total. The minimum atomic E-state index is -3.09. The van der Waals surface area contributed by atoms with Gasteiger partial charge in [0.25, 0.3) is 0 Å². The lowest BCUT2D eigenvalue weighted by Crippen LogP contribution is -2.40. The van der Waals surface area contributed by atoms with Crippen molar-refractivity contribution in [2.24, 2.45) is 0 Å². The van der Waals surface area contributed by atoms with Crippen LogP contribution in [0.1, 0.15) is 37.8 Å². The molecule has 19 heavy (non-hydrogen) atoms. The first-order valence-electron chi connectivity index (χ1n) is 6.75. The van der Waals surface area contributed by atoms with Crippen molar-refractivity contribution < 1.29 is 12.8 Å². The summed E-state index contributed by atoms with van der Waals surface area (Å²) in [6.45, 7) is 2.59. The van der Waals surface area contributed by atoms with Crippen LogP contribution < -0.4 is 5.32 Å². The Balaban J connectivity index is 2.34. The number of hydrogen-bond acceptors (Lipinski definition) is 3. The lowest BCUT2D eigenvalue weighted by atomic mass is 9.99. The fraction of sp³-hybridized carbons (Fsp3) is 0.571. The number of halogens is 1. The van der Waals surface area contributed by atoms with Crippen molar-refractivity contribution in [2.75, 3.05) is 12.3 Å². The Morgan fingerprint density at radius 1 is 1.42 bits per heavy atom. The van der Waals surface area contributed by atoms with E-state index >= 15 is 0 Å². The number of benzene rings is 1. The number of rotatable bonds is 4. The van der Waals surface area contributed by atoms with Gasteiger partial charge in [-0.05, 0) is 37.1 Å². The van der Waals surface area contributed by atoms with Gasteiger partial charge < -0.3 is 5.32 Å². The van der Waals surface area contributed by atoms with Crippen LogP contribution in [0.5, 0.6) is 0 Å². The predicted molar refractivity (Wildman–Crippen MR) is 74.2 cm³/mol. The zero-order valence-corrected chi connectivity index (χ0v) is 11.9. The van der Waals surface area contributed by atoms with Crippen molar-refractivity contribution in [3.05, 3.63) is 35.6 Å². The van der Waals surface area contributed by atoms with Crippen LogP contribution in [0.3, 0.4) is 0 Å². The average molecular weight is 285 g/mol. The molecule has 5 heteroatoms. The molecule has 1 aromatic rings. The normalized spacial score (nSPS) is 24.0. The van der Waals surface area contributed by atoms with Crippen LogP contribution in [0.15, 0.2) is 24.3 Å². The molecule has 1 aliphatic rings. The lowest BCUT2D eigenvalue weighted by Gasteiger charge is -2.31. The van der Waals surface area contributed by atoms with Crippen LogP contribution in [0.4, 0.5) is 4.39 Å². The number of nitrogens with one attached hydrogen (secondary N) is 1. The molecule has 1 aromatic carbocycles. The average Bonchev–Trinajstić information content (AvgIpc) is 2.36. The van der Waals surface area contributed by atoms with Gasteiger partial charge in [0.1, 0.15) is 5.82 Å². The second kappa shape index (κ2) is 6.01. The Labute approximate surface area is 114 Å². The van der Waals surface area contributed by atoms with Gasteiger partial charge in [-0.1, -0.05) is 25.5 Å². The Kier molecular flexibility index (Phi) is 4.58. The molecular formula is C14H20FNO2S. The maximum Gasteiger partial charge on any atom is 0.155 e. The molecule has 1 saturated heterocycles. The third-order valence-electron chi connectivity index (χ3n) is 3.63. The molecule has 0 saturated carbocycles. The largest absolute Gasteiger partial charge is 0.309 e. The van der Waals surface area contributed by atoms with Gasteiger partial charge in [-0.2, -0.15) is 0 Å². The minimum Gasteiger partial charge on any atom is -0.309 e. The third-order valence-corrected chi connectivity index (χ3v) is 5.92. The molecule has 0 aromatic heterocycles. The van der Waals surface area contributed by atoms with E-state index in [1.165, 1.54) is 12.1 Å². The van der Waals surface area contributed by atoms with Crippen LogP contribution in [0.2, 0.25) is 0 Å². The van der Waals surface area contributed by atoms with Gasteiger partial charge in [0, 0.05) is 6.04 Å². The molecule has 2 atom stereocenters. The second-order valence-electron chi connectivity index (χ2n) is 4.99. The molecule has 0 bridgehead atoms. The van der Waals surface area contributed by atoms with E-state index in [-0.39, 0.29) is 17.6 Å². The summed E-state index contributed by atoms with van der Waals surface area (Å²) >= 11 is 0. The van der Waals surface area contributed by atoms with Gasteiger partial charge in [-0.15, -0.1) is 0 Å². The van der Waals surface area contributed by atoms with Crippen molar-refractivity contribution >= 4 is 9.84 Å². The number of sulfone groups is 1. The zero-order valence-electron chi connectivity index (χ0n) is 11.1. The molecule has 0 aliphatic carbocycles. The topological polar surface area (TPSA) is 46.2 Å². The Hall–Kier alpha value is -0.940. The second-order valence-corrected chi connectivity index (χ2v) is 7.33. The van der Waals surface area contributed by atoms with Crippen LogP contribution >= 0.6 is 0 Å². The van der Waals surface area contributed by atoms with Gasteiger partial charge in [0.2, 0.25) is 0 Å². The van der Waals surface area contributed by atoms with Crippen molar-refractivity contribution in [1.29, 1.82) is 0 Å². The van der Waals surface area contributed by atoms with Gasteiger partial charge in [-0.25, -0.2) is 12.8 Å². The molecule has 0 amide bonds. The quantitative estimate of drug-likeness (QED) is 0.924. The van der Waals surface area contributed by atoms with E-state index in [0.717, 1.165) is 18.4 Å². The van der Waals surface area contributed by atoms with Crippen molar-refractivity contribution in [2.45, 2.75) is 37.5 Å². The van der Waals surface area contributed by atoms with E-state index in [4.69, 9.17) is 0 Å². The molecule has 1 fully saturated rings. The molecule has 0 spiro atoms. The Morgan fingerprint density at radius 3 is 2.84 bits per heavy atom. The summed E-state index contributed by atoms with van der Waals surface area (Å²) in [6.07, 6.45) is 2.30. The summed E-state index contributed by atoms with van der Waals surface area (Å²) in [5.74, 6) is -0.0804. The summed E-state index contributed by atoms with van der Waals surface area (Å²) in [6, 6.07) is 5.91. The first-order chi connectivity index (χ1) is 9.04. The molecular weight excluding hydrogens is 265 g/mol. The van der Waals surface area contributed by atoms with E-state index in [1.54, 1.807) is 12.1 Å². The van der Waals surface area contributed by atoms with E-state index in [0.29, 0.717) is 13.0 Å². The molecule has 1 heterocycles. The highest BCUT2D eigenvalue weighted by molar-refractivity contribution is 7.92. The highest BCUT2D eigenvalue weighted by Crippen LogP contribution is 2.31. The van der Waals surface area contributed by atoms with E-state index in [9.17, 15) is 12.8 Å². The van der Waals surface area contributed by atoms with Crippen LogP contribution in [0.25, 0.3) is 0 Å². The third kappa shape index (κ3) is 3.34. The first kappa shape index (κ1) is 14.5. The lowest BCUT2D eigenvalue weighted by molar-refractivity contribution is 0.452. The van der Waals surface area contributed by atoms with Crippen LogP contribution in [0, 0.1) is 5.82 Å². The Bertz CT molecular complexity index is 530. The maximum absolute atomic E-state index is 13.4. The first-order valence-corrected chi connectivity index (χ1v) is 8.46. The molecule has 0 radical (unpaired) electrons. The van der Waals surface area contributed by atoms with Gasteiger partial charge in [0.05, 0.1) is 11.0 Å². The van der Waals surface area contributed by atoms with Crippen molar-refractivity contribution in [3.8, 4) is 0 Å². The molecule has 3 nitrogen and oxygen atoms in total. The van der Waals surface area contributed by atoms with Gasteiger partial charge >= 0.3 is 0 Å². The van der Waals surface area contributed by atoms with Gasteiger partial charge in [-0.3, -0.25) is 0 Å². The fourth-order valence-electron chi connectivity index (χ4n) is 2.74. The molecule has 106 valence electrons. The SMILES string of the molecule is CCNC(c1cccc(F)c1)C1CCCCS1(=O)=O. The monoisotopic (exact) mass is 285 g/mol. The summed E-state index contributed by atoms with van der Waals surface area (Å²) in [5, 5.41) is 2.76. The zero-order chi connectivity index (χ0) is 13.9. The standard InChI is InChI=1S/C14H20FNO2S/c1-2-16-14(11-6-5-7-12(15)10-11)13-8-3-4-9-19(13,17)18/h5-7,10,13-14,16H,2-4,8-9H2,1H3. The van der Waals surface area contributed by atoms with Gasteiger partial charge in [0.15, 0.2) is 9.84 Å². The predicted octanol–water partition coefficient (Wildman–Crippen LogP) is 2.44. The summed E-state index contributed by atoms with van der Waals surface area (Å²) in [7, 11) is -3.09. The smallest absolute Gasteiger partial charge is 0.155 e. The highest BCUT2D eigenvalue weighted by atomic mass is 32.2. The number of hydrogen-bond donors (Lipinski definition) is 1. The van der Waals surface area contributed by atoms with E-state index < -0.39 is 15.1 Å². The van der Waals surface area contributed by atoms with Crippen LogP contribution in [-0.4, -0.2) is 26.0 Å². The minimum absolute atomic E-state index is 0.245. The van der Waals surface area contributed by atoms with E-state index in [1.807, 2.05) is 6.92 Å². The Morgan fingerprint density at radius 2 is 2.21 bits per heavy atom. The molecule has 1 aliphatic heterocycles. The summed E-state index contributed by atoms with van der Waals surface area (Å²) < 4.78 is 37.8.